The number of anilines is 2. The number of imidazole rings is 1. The molecule has 0 bridgehead atoms. The van der Waals surface area contributed by atoms with E-state index in [4.69, 9.17) is 16.3 Å². The molecule has 0 aliphatic carbocycles. The lowest BCUT2D eigenvalue weighted by molar-refractivity contribution is 0.414. The molecule has 3 heterocycles. The molecule has 27 heavy (non-hydrogen) atoms. The lowest BCUT2D eigenvalue weighted by atomic mass is 10.2. The average Bonchev–Trinajstić information content (AvgIpc) is 3.22. The van der Waals surface area contributed by atoms with Crippen LogP contribution >= 0.6 is 22.9 Å². The number of hydrogen-bond acceptors (Lipinski definition) is 6. The molecule has 0 fully saturated rings. The van der Waals surface area contributed by atoms with Crippen molar-refractivity contribution >= 4 is 39.5 Å². The van der Waals surface area contributed by atoms with Gasteiger partial charge in [-0.15, -0.1) is 11.3 Å². The first-order valence-electron chi connectivity index (χ1n) is 8.26. The molecule has 4 rings (SSSR count). The summed E-state index contributed by atoms with van der Waals surface area (Å²) in [6.45, 7) is 5.90. The van der Waals surface area contributed by atoms with Crippen molar-refractivity contribution in [1.29, 1.82) is 0 Å². The van der Waals surface area contributed by atoms with Gasteiger partial charge < -0.3 is 10.1 Å². The first kappa shape index (κ1) is 19.1. The zero-order valence-corrected chi connectivity index (χ0v) is 17.1. The molecule has 8 heteroatoms. The Morgan fingerprint density at radius 3 is 2.59 bits per heavy atom. The summed E-state index contributed by atoms with van der Waals surface area (Å²) < 4.78 is 7.06. The third kappa shape index (κ3) is 4.75. The number of methoxy groups -OCH3 is 1. The quantitative estimate of drug-likeness (QED) is 0.511. The smallest absolute Gasteiger partial charge is 0.233 e. The summed E-state index contributed by atoms with van der Waals surface area (Å²) >= 11 is 7.76. The Balaban J connectivity index is 0.000000177. The maximum atomic E-state index is 6.20. The molecule has 6 nitrogen and oxygen atoms in total. The van der Waals surface area contributed by atoms with Crippen LogP contribution in [0.5, 0.6) is 5.75 Å². The van der Waals surface area contributed by atoms with Crippen LogP contribution in [0.25, 0.3) is 5.78 Å². The number of nitrogens with one attached hydrogen (secondary N) is 1. The van der Waals surface area contributed by atoms with Gasteiger partial charge in [0, 0.05) is 30.0 Å². The maximum Gasteiger partial charge on any atom is 0.233 e. The SMILES string of the molecule is COc1cc(C)c(Nc2nc(C)cs2)c(Cl)c1.Cc1cn2cccnc2n1. The number of nitrogens with zero attached hydrogens (tertiary/aromatic N) is 4. The highest BCUT2D eigenvalue weighted by Gasteiger charge is 2.09. The molecule has 3 aromatic heterocycles. The fraction of sp³-hybridized carbons (Fsp3) is 0.211. The van der Waals surface area contributed by atoms with Gasteiger partial charge in [-0.25, -0.2) is 15.0 Å². The minimum atomic E-state index is 0.634. The van der Waals surface area contributed by atoms with Gasteiger partial charge in [0.25, 0.3) is 0 Å². The topological polar surface area (TPSA) is 64.3 Å². The molecule has 1 N–H and O–H groups in total. The minimum absolute atomic E-state index is 0.634. The zero-order chi connectivity index (χ0) is 19.4. The molecule has 0 atom stereocenters. The number of aryl methyl sites for hydroxylation is 3. The van der Waals surface area contributed by atoms with Gasteiger partial charge in [-0.05, 0) is 38.5 Å². The molecule has 4 aromatic rings. The van der Waals surface area contributed by atoms with E-state index >= 15 is 0 Å². The molecule has 0 aliphatic heterocycles. The van der Waals surface area contributed by atoms with Gasteiger partial charge in [0.1, 0.15) is 5.75 Å². The highest BCUT2D eigenvalue weighted by molar-refractivity contribution is 7.13. The van der Waals surface area contributed by atoms with Crippen LogP contribution in [0, 0.1) is 20.8 Å². The maximum absolute atomic E-state index is 6.20. The summed E-state index contributed by atoms with van der Waals surface area (Å²) in [5.74, 6) is 1.52. The lowest BCUT2D eigenvalue weighted by Crippen LogP contribution is -1.95. The van der Waals surface area contributed by atoms with Gasteiger partial charge in [0.2, 0.25) is 5.78 Å². The van der Waals surface area contributed by atoms with E-state index in [-0.39, 0.29) is 0 Å². The summed E-state index contributed by atoms with van der Waals surface area (Å²) in [7, 11) is 1.63. The van der Waals surface area contributed by atoms with E-state index in [2.05, 4.69) is 20.3 Å². The standard InChI is InChI=1S/C12H13ClN2OS.C7H7N3/c1-7-4-9(16-3)5-10(13)11(7)15-12-14-8(2)6-17-12;1-6-5-10-4-2-3-8-7(10)9-6/h4-6H,1-3H3,(H,14,15);2-5H,1H3. The van der Waals surface area contributed by atoms with E-state index < -0.39 is 0 Å². The van der Waals surface area contributed by atoms with Gasteiger partial charge in [-0.1, -0.05) is 11.6 Å². The van der Waals surface area contributed by atoms with Crippen LogP contribution in [0.1, 0.15) is 17.0 Å². The molecule has 0 saturated heterocycles. The van der Waals surface area contributed by atoms with Crippen molar-refractivity contribution in [3.05, 3.63) is 64.1 Å². The van der Waals surface area contributed by atoms with Gasteiger partial charge in [-0.2, -0.15) is 0 Å². The molecule has 0 radical (unpaired) electrons. The second kappa shape index (κ2) is 8.37. The van der Waals surface area contributed by atoms with Crippen LogP contribution in [0.2, 0.25) is 5.02 Å². The Kier molecular flexibility index (Phi) is 5.93. The second-order valence-electron chi connectivity index (χ2n) is 5.93. The van der Waals surface area contributed by atoms with E-state index in [1.165, 1.54) is 0 Å². The molecular formula is C19H20ClN5OS. The number of benzene rings is 1. The van der Waals surface area contributed by atoms with Crippen molar-refractivity contribution < 1.29 is 4.74 Å². The van der Waals surface area contributed by atoms with Crippen molar-refractivity contribution in [2.45, 2.75) is 20.8 Å². The number of rotatable bonds is 3. The van der Waals surface area contributed by atoms with Crippen molar-refractivity contribution in [3.8, 4) is 5.75 Å². The first-order valence-corrected chi connectivity index (χ1v) is 9.51. The van der Waals surface area contributed by atoms with Crippen molar-refractivity contribution in [2.75, 3.05) is 12.4 Å². The van der Waals surface area contributed by atoms with Crippen molar-refractivity contribution in [3.63, 3.8) is 0 Å². The fourth-order valence-corrected chi connectivity index (χ4v) is 3.45. The molecule has 0 amide bonds. The van der Waals surface area contributed by atoms with Crippen LogP contribution in [0.4, 0.5) is 10.8 Å². The largest absolute Gasteiger partial charge is 0.497 e. The van der Waals surface area contributed by atoms with Gasteiger partial charge in [0.15, 0.2) is 5.13 Å². The Morgan fingerprint density at radius 2 is 1.96 bits per heavy atom. The molecule has 0 unspecified atom stereocenters. The monoisotopic (exact) mass is 401 g/mol. The number of fused-ring (bicyclic) bond motifs is 1. The Morgan fingerprint density at radius 1 is 1.15 bits per heavy atom. The lowest BCUT2D eigenvalue weighted by Gasteiger charge is -2.11. The average molecular weight is 402 g/mol. The highest BCUT2D eigenvalue weighted by Crippen LogP contribution is 2.33. The first-order chi connectivity index (χ1) is 13.0. The Hall–Kier alpha value is -2.64. The number of thiazole rings is 1. The third-order valence-electron chi connectivity index (χ3n) is 3.70. The number of ether oxygens (including phenoxy) is 1. The fourth-order valence-electron chi connectivity index (χ4n) is 2.46. The van der Waals surface area contributed by atoms with Crippen molar-refractivity contribution in [1.82, 2.24) is 19.4 Å². The van der Waals surface area contributed by atoms with Crippen LogP contribution in [0.15, 0.2) is 42.2 Å². The van der Waals surface area contributed by atoms with Crippen LogP contribution in [0.3, 0.4) is 0 Å². The zero-order valence-electron chi connectivity index (χ0n) is 15.5. The summed E-state index contributed by atoms with van der Waals surface area (Å²) in [4.78, 5) is 12.6. The Bertz CT molecular complexity index is 1000. The second-order valence-corrected chi connectivity index (χ2v) is 7.19. The van der Waals surface area contributed by atoms with E-state index in [0.29, 0.717) is 5.02 Å². The summed E-state index contributed by atoms with van der Waals surface area (Å²) in [5.41, 5.74) is 3.91. The summed E-state index contributed by atoms with van der Waals surface area (Å²) in [5, 5.41) is 6.71. The summed E-state index contributed by atoms with van der Waals surface area (Å²) in [6.07, 6.45) is 5.62. The normalized spacial score (nSPS) is 10.4. The van der Waals surface area contributed by atoms with E-state index in [0.717, 1.165) is 39.3 Å². The summed E-state index contributed by atoms with van der Waals surface area (Å²) in [6, 6.07) is 5.61. The molecule has 0 aliphatic rings. The van der Waals surface area contributed by atoms with E-state index in [9.17, 15) is 0 Å². The van der Waals surface area contributed by atoms with Crippen LogP contribution in [-0.4, -0.2) is 26.5 Å². The third-order valence-corrected chi connectivity index (χ3v) is 4.88. The number of aromatic nitrogens is 4. The number of hydrogen-bond donors (Lipinski definition) is 1. The molecular weight excluding hydrogens is 382 g/mol. The van der Waals surface area contributed by atoms with E-state index in [1.54, 1.807) is 30.7 Å². The molecule has 0 spiro atoms. The van der Waals surface area contributed by atoms with Crippen LogP contribution < -0.4 is 10.1 Å². The molecule has 1 aromatic carbocycles. The Labute approximate surface area is 166 Å². The van der Waals surface area contributed by atoms with Crippen molar-refractivity contribution in [2.24, 2.45) is 0 Å². The van der Waals surface area contributed by atoms with Gasteiger partial charge in [-0.3, -0.25) is 4.40 Å². The molecule has 0 saturated carbocycles. The predicted molar refractivity (Wildman–Crippen MR) is 111 cm³/mol. The van der Waals surface area contributed by atoms with Crippen LogP contribution in [-0.2, 0) is 0 Å². The minimum Gasteiger partial charge on any atom is -0.497 e. The van der Waals surface area contributed by atoms with E-state index in [1.807, 2.05) is 55.1 Å². The number of halogens is 1. The van der Waals surface area contributed by atoms with Gasteiger partial charge in [0.05, 0.1) is 29.2 Å². The molecule has 140 valence electrons. The predicted octanol–water partition coefficient (Wildman–Crippen LogP) is 5.20. The highest BCUT2D eigenvalue weighted by atomic mass is 35.5. The van der Waals surface area contributed by atoms with Gasteiger partial charge >= 0.3 is 0 Å².